The number of carbonyl (C=O) groups is 2. The van der Waals surface area contributed by atoms with Crippen LogP contribution in [0.1, 0.15) is 41.0 Å². The maximum absolute atomic E-state index is 12.5. The summed E-state index contributed by atoms with van der Waals surface area (Å²) in [7, 11) is 3.08. The van der Waals surface area contributed by atoms with Crippen LogP contribution in [0, 0.1) is 0 Å². The molecular formula is C16H18O4. The second-order valence-electron chi connectivity index (χ2n) is 5.39. The third-order valence-electron chi connectivity index (χ3n) is 3.50. The molecule has 0 heterocycles. The van der Waals surface area contributed by atoms with E-state index in [1.54, 1.807) is 25.3 Å². The monoisotopic (exact) mass is 274 g/mol. The molecule has 0 saturated carbocycles. The van der Waals surface area contributed by atoms with Gasteiger partial charge in [0.25, 0.3) is 0 Å². The Morgan fingerprint density at radius 2 is 1.85 bits per heavy atom. The van der Waals surface area contributed by atoms with Crippen LogP contribution < -0.4 is 4.74 Å². The molecule has 0 spiro atoms. The van der Waals surface area contributed by atoms with Gasteiger partial charge in [0.2, 0.25) is 0 Å². The summed E-state index contributed by atoms with van der Waals surface area (Å²) in [5.74, 6) is 0.102. The molecule has 0 saturated heterocycles. The molecule has 0 fully saturated rings. The van der Waals surface area contributed by atoms with Crippen LogP contribution >= 0.6 is 0 Å². The zero-order valence-electron chi connectivity index (χ0n) is 12.1. The number of methoxy groups -OCH3 is 2. The van der Waals surface area contributed by atoms with Crippen LogP contribution in [0.15, 0.2) is 29.8 Å². The molecule has 106 valence electrons. The van der Waals surface area contributed by atoms with E-state index >= 15 is 0 Å². The third kappa shape index (κ3) is 2.51. The Balaban J connectivity index is 2.45. The van der Waals surface area contributed by atoms with Crippen molar-refractivity contribution in [3.63, 3.8) is 0 Å². The van der Waals surface area contributed by atoms with Gasteiger partial charge >= 0.3 is 0 Å². The quantitative estimate of drug-likeness (QED) is 0.847. The van der Waals surface area contributed by atoms with Crippen molar-refractivity contribution in [2.24, 2.45) is 0 Å². The molecule has 0 unspecified atom stereocenters. The zero-order valence-corrected chi connectivity index (χ0v) is 12.1. The van der Waals surface area contributed by atoms with Gasteiger partial charge in [-0.1, -0.05) is 12.1 Å². The summed E-state index contributed by atoms with van der Waals surface area (Å²) >= 11 is 0. The first-order chi connectivity index (χ1) is 9.39. The van der Waals surface area contributed by atoms with E-state index in [-0.39, 0.29) is 11.6 Å². The number of ketones is 2. The summed E-state index contributed by atoms with van der Waals surface area (Å²) in [6, 6.07) is 5.06. The number of benzene rings is 1. The topological polar surface area (TPSA) is 52.6 Å². The largest absolute Gasteiger partial charge is 0.496 e. The van der Waals surface area contributed by atoms with Gasteiger partial charge in [-0.05, 0) is 26.0 Å². The number of rotatable bonds is 4. The van der Waals surface area contributed by atoms with E-state index < -0.39 is 5.60 Å². The van der Waals surface area contributed by atoms with Crippen molar-refractivity contribution in [3.05, 3.63) is 41.0 Å². The second kappa shape index (κ2) is 5.21. The van der Waals surface area contributed by atoms with Crippen molar-refractivity contribution >= 4 is 11.6 Å². The molecule has 1 aromatic carbocycles. The predicted octanol–water partition coefficient (Wildman–Crippen LogP) is 2.82. The highest BCUT2D eigenvalue weighted by molar-refractivity contribution is 6.25. The molecule has 2 rings (SSSR count). The first-order valence-electron chi connectivity index (χ1n) is 6.41. The van der Waals surface area contributed by atoms with Gasteiger partial charge in [0.15, 0.2) is 11.6 Å². The van der Waals surface area contributed by atoms with Gasteiger partial charge < -0.3 is 9.47 Å². The van der Waals surface area contributed by atoms with E-state index in [1.807, 2.05) is 13.8 Å². The molecule has 4 heteroatoms. The average Bonchev–Trinajstić information content (AvgIpc) is 2.43. The van der Waals surface area contributed by atoms with E-state index in [0.29, 0.717) is 28.9 Å². The van der Waals surface area contributed by atoms with Crippen LogP contribution in [-0.4, -0.2) is 31.4 Å². The van der Waals surface area contributed by atoms with Crippen LogP contribution in [0.4, 0.5) is 0 Å². The van der Waals surface area contributed by atoms with Crippen molar-refractivity contribution in [2.75, 3.05) is 14.2 Å². The van der Waals surface area contributed by atoms with E-state index in [4.69, 9.17) is 9.47 Å². The average molecular weight is 274 g/mol. The fourth-order valence-electron chi connectivity index (χ4n) is 2.28. The molecule has 0 N–H and O–H groups in total. The van der Waals surface area contributed by atoms with Crippen LogP contribution in [-0.2, 0) is 4.74 Å². The highest BCUT2D eigenvalue weighted by Crippen LogP contribution is 2.32. The summed E-state index contributed by atoms with van der Waals surface area (Å²) in [5.41, 5.74) is 0.735. The number of carbonyl (C=O) groups excluding carboxylic acids is 2. The number of fused-ring (bicyclic) bond motifs is 1. The minimum atomic E-state index is -0.488. The second-order valence-corrected chi connectivity index (χ2v) is 5.39. The van der Waals surface area contributed by atoms with Crippen molar-refractivity contribution in [1.29, 1.82) is 0 Å². The SMILES string of the molecule is COc1cccc2c1C(=O)C=C(CC(C)(C)OC)C2=O. The van der Waals surface area contributed by atoms with Gasteiger partial charge in [-0.3, -0.25) is 9.59 Å². The first-order valence-corrected chi connectivity index (χ1v) is 6.41. The maximum Gasteiger partial charge on any atom is 0.190 e. The molecule has 0 atom stereocenters. The van der Waals surface area contributed by atoms with Gasteiger partial charge in [0.05, 0.1) is 18.3 Å². The van der Waals surface area contributed by atoms with Crippen molar-refractivity contribution in [3.8, 4) is 5.75 Å². The normalized spacial score (nSPS) is 14.9. The molecule has 20 heavy (non-hydrogen) atoms. The lowest BCUT2D eigenvalue weighted by Crippen LogP contribution is -2.27. The Morgan fingerprint density at radius 1 is 1.15 bits per heavy atom. The number of Topliss-reactive ketones (excluding diaryl/α,β-unsaturated/α-hetero) is 1. The van der Waals surface area contributed by atoms with Gasteiger partial charge in [0.1, 0.15) is 5.75 Å². The molecule has 0 radical (unpaired) electrons. The first kappa shape index (κ1) is 14.5. The smallest absolute Gasteiger partial charge is 0.190 e. The molecule has 1 aliphatic carbocycles. The number of allylic oxidation sites excluding steroid dienone is 1. The lowest BCUT2D eigenvalue weighted by molar-refractivity contribution is 0.0226. The summed E-state index contributed by atoms with van der Waals surface area (Å²) in [6.45, 7) is 3.76. The highest BCUT2D eigenvalue weighted by Gasteiger charge is 2.31. The number of ether oxygens (including phenoxy) is 2. The standard InChI is InChI=1S/C16H18O4/c1-16(2,20-4)9-10-8-12(17)14-11(15(10)18)6-5-7-13(14)19-3/h5-8H,9H2,1-4H3. The Kier molecular flexibility index (Phi) is 3.77. The van der Waals surface area contributed by atoms with E-state index in [2.05, 4.69) is 0 Å². The van der Waals surface area contributed by atoms with Crippen LogP contribution in [0.3, 0.4) is 0 Å². The molecular weight excluding hydrogens is 256 g/mol. The highest BCUT2D eigenvalue weighted by atomic mass is 16.5. The summed E-state index contributed by atoms with van der Waals surface area (Å²) < 4.78 is 10.5. The summed E-state index contributed by atoms with van der Waals surface area (Å²) in [4.78, 5) is 24.7. The van der Waals surface area contributed by atoms with Crippen molar-refractivity contribution < 1.29 is 19.1 Å². The number of hydrogen-bond donors (Lipinski definition) is 0. The van der Waals surface area contributed by atoms with Crippen LogP contribution in [0.25, 0.3) is 0 Å². The zero-order chi connectivity index (χ0) is 14.9. The Labute approximate surface area is 118 Å². The predicted molar refractivity (Wildman–Crippen MR) is 75.4 cm³/mol. The van der Waals surface area contributed by atoms with E-state index in [0.717, 1.165) is 0 Å². The van der Waals surface area contributed by atoms with Crippen molar-refractivity contribution in [1.82, 2.24) is 0 Å². The molecule has 1 aliphatic rings. The van der Waals surface area contributed by atoms with Crippen LogP contribution in [0.5, 0.6) is 5.75 Å². The molecule has 1 aromatic rings. The summed E-state index contributed by atoms with van der Waals surface area (Å²) in [5, 5.41) is 0. The number of hydrogen-bond acceptors (Lipinski definition) is 4. The lowest BCUT2D eigenvalue weighted by atomic mass is 9.84. The van der Waals surface area contributed by atoms with Crippen LogP contribution in [0.2, 0.25) is 0 Å². The fraction of sp³-hybridized carbons (Fsp3) is 0.375. The van der Waals surface area contributed by atoms with Gasteiger partial charge in [-0.15, -0.1) is 0 Å². The Bertz CT molecular complexity index is 596. The van der Waals surface area contributed by atoms with Gasteiger partial charge in [-0.2, -0.15) is 0 Å². The molecule has 0 aliphatic heterocycles. The summed E-state index contributed by atoms with van der Waals surface area (Å²) in [6.07, 6.45) is 1.79. The molecule has 4 nitrogen and oxygen atoms in total. The van der Waals surface area contributed by atoms with E-state index in [1.165, 1.54) is 13.2 Å². The molecule has 0 amide bonds. The maximum atomic E-state index is 12.5. The van der Waals surface area contributed by atoms with Gasteiger partial charge in [0, 0.05) is 24.7 Å². The van der Waals surface area contributed by atoms with Crippen molar-refractivity contribution in [2.45, 2.75) is 25.9 Å². The van der Waals surface area contributed by atoms with Gasteiger partial charge in [-0.25, -0.2) is 0 Å². The minimum absolute atomic E-state index is 0.136. The molecule has 0 aromatic heterocycles. The molecule has 0 bridgehead atoms. The third-order valence-corrected chi connectivity index (χ3v) is 3.50. The lowest BCUT2D eigenvalue weighted by Gasteiger charge is -2.26. The Morgan fingerprint density at radius 3 is 2.45 bits per heavy atom. The minimum Gasteiger partial charge on any atom is -0.496 e. The Hall–Kier alpha value is -1.94. The van der Waals surface area contributed by atoms with E-state index in [9.17, 15) is 9.59 Å². The fourth-order valence-corrected chi connectivity index (χ4v) is 2.28.